The summed E-state index contributed by atoms with van der Waals surface area (Å²) in [5.74, 6) is 4.64. The summed E-state index contributed by atoms with van der Waals surface area (Å²) in [6, 6.07) is 0. The van der Waals surface area contributed by atoms with Gasteiger partial charge >= 0.3 is 0 Å². The molecule has 16 heavy (non-hydrogen) atoms. The van der Waals surface area contributed by atoms with Crippen LogP contribution >= 0.6 is 27.3 Å². The molecule has 2 aromatic rings. The smallest absolute Gasteiger partial charge is 0.288 e. The molecule has 0 aliphatic heterocycles. The number of nitrogens with zero attached hydrogens (tertiary/aromatic N) is 3. The Balaban J connectivity index is 2.11. The first-order valence-electron chi connectivity index (χ1n) is 4.32. The van der Waals surface area contributed by atoms with Crippen molar-refractivity contribution < 1.29 is 4.79 Å². The zero-order valence-corrected chi connectivity index (χ0v) is 10.5. The van der Waals surface area contributed by atoms with E-state index >= 15 is 0 Å². The third kappa shape index (κ3) is 2.46. The normalized spacial score (nSPS) is 10.4. The minimum Gasteiger partial charge on any atom is -0.288 e. The number of amides is 1. The average molecular weight is 302 g/mol. The number of nitrogens with two attached hydrogens (primary N) is 1. The number of hydrogen-bond donors (Lipinski definition) is 2. The summed E-state index contributed by atoms with van der Waals surface area (Å²) in [5, 5.41) is 6.25. The van der Waals surface area contributed by atoms with Gasteiger partial charge in [-0.2, -0.15) is 5.10 Å². The molecule has 2 aromatic heterocycles. The van der Waals surface area contributed by atoms with Gasteiger partial charge in [0.2, 0.25) is 0 Å². The van der Waals surface area contributed by atoms with Crippen LogP contribution in [0.4, 0.5) is 0 Å². The molecular formula is C8H8BrN5OS. The van der Waals surface area contributed by atoms with Crippen LogP contribution in [0.15, 0.2) is 22.2 Å². The highest BCUT2D eigenvalue weighted by Gasteiger charge is 2.09. The monoisotopic (exact) mass is 301 g/mol. The van der Waals surface area contributed by atoms with E-state index in [4.69, 9.17) is 5.84 Å². The van der Waals surface area contributed by atoms with Crippen LogP contribution in [0.5, 0.6) is 0 Å². The second-order valence-electron chi connectivity index (χ2n) is 2.97. The lowest BCUT2D eigenvalue weighted by molar-refractivity contribution is 0.0953. The van der Waals surface area contributed by atoms with Gasteiger partial charge < -0.3 is 0 Å². The summed E-state index contributed by atoms with van der Waals surface area (Å²) in [6.45, 7) is 0.528. The van der Waals surface area contributed by atoms with Gasteiger partial charge in [0.05, 0.1) is 22.9 Å². The molecular weight excluding hydrogens is 294 g/mol. The maximum Gasteiger partial charge on any atom is 0.294 e. The Morgan fingerprint density at radius 1 is 1.69 bits per heavy atom. The van der Waals surface area contributed by atoms with E-state index in [2.05, 4.69) is 26.0 Å². The number of aromatic nitrogens is 3. The lowest BCUT2D eigenvalue weighted by Gasteiger charge is -1.96. The highest BCUT2D eigenvalue weighted by molar-refractivity contribution is 9.10. The predicted octanol–water partition coefficient (Wildman–Crippen LogP) is 0.754. The summed E-state index contributed by atoms with van der Waals surface area (Å²) in [6.07, 6.45) is 3.53. The van der Waals surface area contributed by atoms with E-state index in [1.54, 1.807) is 16.3 Å². The first-order chi connectivity index (χ1) is 7.69. The SMILES string of the molecule is NNC(=O)c1nc(Cn2cc(Br)cn2)cs1. The Kier molecular flexibility index (Phi) is 3.32. The Morgan fingerprint density at radius 3 is 3.12 bits per heavy atom. The van der Waals surface area contributed by atoms with Gasteiger partial charge in [-0.1, -0.05) is 0 Å². The Bertz CT molecular complexity index is 508. The van der Waals surface area contributed by atoms with Crippen LogP contribution < -0.4 is 11.3 Å². The van der Waals surface area contributed by atoms with E-state index in [1.165, 1.54) is 11.3 Å². The molecule has 0 aromatic carbocycles. The van der Waals surface area contributed by atoms with Gasteiger partial charge in [0.25, 0.3) is 5.91 Å². The van der Waals surface area contributed by atoms with Crippen molar-refractivity contribution in [2.45, 2.75) is 6.54 Å². The van der Waals surface area contributed by atoms with E-state index in [0.29, 0.717) is 11.6 Å². The van der Waals surface area contributed by atoms with Crippen molar-refractivity contribution in [3.8, 4) is 0 Å². The van der Waals surface area contributed by atoms with Gasteiger partial charge in [-0.25, -0.2) is 10.8 Å². The molecule has 0 spiro atoms. The fraction of sp³-hybridized carbons (Fsp3) is 0.125. The molecule has 6 nitrogen and oxygen atoms in total. The van der Waals surface area contributed by atoms with Gasteiger partial charge in [-0.15, -0.1) is 11.3 Å². The van der Waals surface area contributed by atoms with Crippen molar-refractivity contribution in [2.75, 3.05) is 0 Å². The van der Waals surface area contributed by atoms with Crippen molar-refractivity contribution in [3.05, 3.63) is 32.9 Å². The Labute approximate surface area is 104 Å². The van der Waals surface area contributed by atoms with E-state index in [9.17, 15) is 4.79 Å². The van der Waals surface area contributed by atoms with Crippen LogP contribution in [0.2, 0.25) is 0 Å². The number of carbonyl (C=O) groups excluding carboxylic acids is 1. The molecule has 3 N–H and O–H groups in total. The molecule has 0 saturated heterocycles. The quantitative estimate of drug-likeness (QED) is 0.498. The molecule has 0 fully saturated rings. The van der Waals surface area contributed by atoms with E-state index in [1.807, 2.05) is 11.6 Å². The van der Waals surface area contributed by atoms with E-state index in [-0.39, 0.29) is 5.91 Å². The van der Waals surface area contributed by atoms with Crippen LogP contribution in [0.3, 0.4) is 0 Å². The highest BCUT2D eigenvalue weighted by Crippen LogP contribution is 2.12. The number of hydrazine groups is 1. The van der Waals surface area contributed by atoms with E-state index in [0.717, 1.165) is 10.2 Å². The number of nitrogens with one attached hydrogen (secondary N) is 1. The topological polar surface area (TPSA) is 85.8 Å². The zero-order chi connectivity index (χ0) is 11.5. The van der Waals surface area contributed by atoms with Crippen LogP contribution in [0.25, 0.3) is 0 Å². The molecule has 0 saturated carbocycles. The van der Waals surface area contributed by atoms with Gasteiger partial charge in [0.1, 0.15) is 0 Å². The summed E-state index contributed by atoms with van der Waals surface area (Å²) in [7, 11) is 0. The lowest BCUT2D eigenvalue weighted by Crippen LogP contribution is -2.29. The fourth-order valence-electron chi connectivity index (χ4n) is 1.14. The van der Waals surface area contributed by atoms with Gasteiger partial charge in [0, 0.05) is 11.6 Å². The molecule has 0 aliphatic carbocycles. The van der Waals surface area contributed by atoms with Gasteiger partial charge in [-0.05, 0) is 15.9 Å². The standard InChI is InChI=1S/C8H8BrN5OS/c9-5-1-11-14(2-5)3-6-4-16-8(12-6)7(15)13-10/h1-2,4H,3,10H2,(H,13,15). The van der Waals surface area contributed by atoms with Crippen molar-refractivity contribution in [2.24, 2.45) is 5.84 Å². The third-order valence-electron chi connectivity index (χ3n) is 1.80. The molecule has 1 amide bonds. The molecule has 2 rings (SSSR count). The minimum atomic E-state index is -0.377. The third-order valence-corrected chi connectivity index (χ3v) is 3.10. The summed E-state index contributed by atoms with van der Waals surface area (Å²) >= 11 is 4.56. The van der Waals surface area contributed by atoms with Crippen molar-refractivity contribution in [1.82, 2.24) is 20.2 Å². The number of hydrogen-bond acceptors (Lipinski definition) is 5. The summed E-state index contributed by atoms with van der Waals surface area (Å²) < 4.78 is 2.63. The van der Waals surface area contributed by atoms with Crippen LogP contribution in [0.1, 0.15) is 15.5 Å². The largest absolute Gasteiger partial charge is 0.294 e. The number of nitrogen functional groups attached to an aromatic ring is 1. The number of halogens is 1. The molecule has 0 aliphatic rings. The molecule has 2 heterocycles. The van der Waals surface area contributed by atoms with Crippen LogP contribution in [-0.4, -0.2) is 20.7 Å². The highest BCUT2D eigenvalue weighted by atomic mass is 79.9. The minimum absolute atomic E-state index is 0.351. The van der Waals surface area contributed by atoms with Crippen molar-refractivity contribution >= 4 is 33.2 Å². The maximum atomic E-state index is 11.2. The van der Waals surface area contributed by atoms with Crippen LogP contribution in [0, 0.1) is 0 Å². The number of rotatable bonds is 3. The van der Waals surface area contributed by atoms with E-state index < -0.39 is 0 Å². The molecule has 0 unspecified atom stereocenters. The average Bonchev–Trinajstić information content (AvgIpc) is 2.87. The summed E-state index contributed by atoms with van der Waals surface area (Å²) in [4.78, 5) is 15.3. The first-order valence-corrected chi connectivity index (χ1v) is 5.99. The first kappa shape index (κ1) is 11.2. The second kappa shape index (κ2) is 4.73. The maximum absolute atomic E-state index is 11.2. The number of carbonyl (C=O) groups is 1. The predicted molar refractivity (Wildman–Crippen MR) is 62.8 cm³/mol. The molecule has 0 atom stereocenters. The Hall–Kier alpha value is -1.25. The summed E-state index contributed by atoms with van der Waals surface area (Å²) in [5.41, 5.74) is 2.82. The molecule has 84 valence electrons. The van der Waals surface area contributed by atoms with Crippen molar-refractivity contribution in [3.63, 3.8) is 0 Å². The molecule has 0 radical (unpaired) electrons. The Morgan fingerprint density at radius 2 is 2.50 bits per heavy atom. The molecule has 8 heteroatoms. The number of thiazole rings is 1. The molecule has 0 bridgehead atoms. The van der Waals surface area contributed by atoms with Gasteiger partial charge in [0.15, 0.2) is 5.01 Å². The lowest BCUT2D eigenvalue weighted by atomic mass is 10.5. The zero-order valence-electron chi connectivity index (χ0n) is 8.05. The van der Waals surface area contributed by atoms with Crippen molar-refractivity contribution in [1.29, 1.82) is 0 Å². The van der Waals surface area contributed by atoms with Gasteiger partial charge in [-0.3, -0.25) is 14.9 Å². The fourth-order valence-corrected chi connectivity index (χ4v) is 2.18. The van der Waals surface area contributed by atoms with Crippen LogP contribution in [-0.2, 0) is 6.54 Å². The second-order valence-corrected chi connectivity index (χ2v) is 4.75.